The molecule has 0 bridgehead atoms. The highest BCUT2D eigenvalue weighted by Gasteiger charge is 2.07. The summed E-state index contributed by atoms with van der Waals surface area (Å²) in [6, 6.07) is 7.67. The lowest BCUT2D eigenvalue weighted by molar-refractivity contribution is 0.452. The summed E-state index contributed by atoms with van der Waals surface area (Å²) >= 11 is 3.42. The van der Waals surface area contributed by atoms with Gasteiger partial charge < -0.3 is 4.74 Å². The fourth-order valence-corrected chi connectivity index (χ4v) is 1.86. The average Bonchev–Trinajstić information content (AvgIpc) is 2.36. The third-order valence-corrected chi connectivity index (χ3v) is 3.45. The quantitative estimate of drug-likeness (QED) is 0.852. The zero-order valence-corrected chi connectivity index (χ0v) is 12.3. The number of halogens is 1. The van der Waals surface area contributed by atoms with Crippen molar-refractivity contribution in [2.24, 2.45) is 0 Å². The maximum absolute atomic E-state index is 5.80. The van der Waals surface area contributed by atoms with Gasteiger partial charge >= 0.3 is 0 Å². The van der Waals surface area contributed by atoms with Gasteiger partial charge in [0, 0.05) is 16.2 Å². The maximum atomic E-state index is 5.80. The third-order valence-electron chi connectivity index (χ3n) is 2.62. The van der Waals surface area contributed by atoms with Crippen LogP contribution in [0.4, 0.5) is 0 Å². The van der Waals surface area contributed by atoms with E-state index in [4.69, 9.17) is 4.74 Å². The number of rotatable bonds is 3. The molecule has 94 valence electrons. The molecular formula is C14H15BrN2O. The van der Waals surface area contributed by atoms with E-state index in [0.29, 0.717) is 5.88 Å². The van der Waals surface area contributed by atoms with Gasteiger partial charge in [-0.2, -0.15) is 0 Å². The predicted octanol–water partition coefficient (Wildman–Crippen LogP) is 4.21. The second-order valence-electron chi connectivity index (χ2n) is 4.07. The predicted molar refractivity (Wildman–Crippen MR) is 75.1 cm³/mol. The minimum absolute atomic E-state index is 0.594. The van der Waals surface area contributed by atoms with Crippen molar-refractivity contribution in [2.75, 3.05) is 0 Å². The molecule has 0 radical (unpaired) electrons. The molecule has 0 N–H and O–H groups in total. The van der Waals surface area contributed by atoms with Crippen LogP contribution in [0, 0.1) is 13.8 Å². The summed E-state index contributed by atoms with van der Waals surface area (Å²) < 4.78 is 6.78. The van der Waals surface area contributed by atoms with E-state index in [-0.39, 0.29) is 0 Å². The largest absolute Gasteiger partial charge is 0.437 e. The molecule has 0 unspecified atom stereocenters. The molecule has 2 rings (SSSR count). The Morgan fingerprint density at radius 1 is 1.11 bits per heavy atom. The number of hydrogen-bond acceptors (Lipinski definition) is 3. The Hall–Kier alpha value is -1.42. The second-order valence-corrected chi connectivity index (χ2v) is 4.92. The van der Waals surface area contributed by atoms with Crippen LogP contribution in [0.3, 0.4) is 0 Å². The van der Waals surface area contributed by atoms with Crippen LogP contribution in [0.15, 0.2) is 28.7 Å². The maximum Gasteiger partial charge on any atom is 0.219 e. The van der Waals surface area contributed by atoms with Crippen LogP contribution in [0.1, 0.15) is 24.0 Å². The van der Waals surface area contributed by atoms with Gasteiger partial charge in [0.25, 0.3) is 0 Å². The van der Waals surface area contributed by atoms with Crippen LogP contribution in [0.5, 0.6) is 11.6 Å². The highest BCUT2D eigenvalue weighted by Crippen LogP contribution is 2.25. The molecule has 2 aromatic heterocycles. The summed E-state index contributed by atoms with van der Waals surface area (Å²) in [6.45, 7) is 5.98. The van der Waals surface area contributed by atoms with Crippen molar-refractivity contribution in [3.05, 3.63) is 45.8 Å². The van der Waals surface area contributed by atoms with E-state index in [9.17, 15) is 0 Å². The van der Waals surface area contributed by atoms with Crippen LogP contribution >= 0.6 is 15.9 Å². The van der Waals surface area contributed by atoms with E-state index in [1.807, 2.05) is 38.1 Å². The fraction of sp³-hybridized carbons (Fsp3) is 0.286. The lowest BCUT2D eigenvalue weighted by atomic mass is 10.2. The minimum Gasteiger partial charge on any atom is -0.437 e. The molecule has 0 aliphatic carbocycles. The molecule has 0 saturated carbocycles. The monoisotopic (exact) mass is 306 g/mol. The van der Waals surface area contributed by atoms with Gasteiger partial charge in [-0.3, -0.25) is 4.98 Å². The molecule has 0 fully saturated rings. The zero-order chi connectivity index (χ0) is 13.1. The molecular weight excluding hydrogens is 292 g/mol. The van der Waals surface area contributed by atoms with E-state index in [1.165, 1.54) is 0 Å². The van der Waals surface area contributed by atoms with Gasteiger partial charge in [0.15, 0.2) is 5.75 Å². The first-order valence-electron chi connectivity index (χ1n) is 5.87. The molecule has 0 aromatic carbocycles. The Morgan fingerprint density at radius 2 is 1.89 bits per heavy atom. The van der Waals surface area contributed by atoms with E-state index >= 15 is 0 Å². The molecule has 3 nitrogen and oxygen atoms in total. The molecule has 0 saturated heterocycles. The van der Waals surface area contributed by atoms with Crippen molar-refractivity contribution in [2.45, 2.75) is 27.2 Å². The zero-order valence-electron chi connectivity index (χ0n) is 10.7. The third kappa shape index (κ3) is 2.88. The molecule has 2 heterocycles. The number of aromatic nitrogens is 2. The van der Waals surface area contributed by atoms with Gasteiger partial charge in [0.1, 0.15) is 0 Å². The topological polar surface area (TPSA) is 35.0 Å². The Labute approximate surface area is 115 Å². The highest BCUT2D eigenvalue weighted by atomic mass is 79.9. The molecule has 0 aliphatic heterocycles. The standard InChI is InChI=1S/C14H15BrN2O/c1-4-12-13(7-5-9(2)16-12)18-14-8-6-11(15)10(3)17-14/h5-8H,4H2,1-3H3. The Kier molecular flexibility index (Phi) is 3.97. The van der Waals surface area contributed by atoms with Crippen molar-refractivity contribution in [1.29, 1.82) is 0 Å². The first-order chi connectivity index (χ1) is 8.60. The average molecular weight is 307 g/mol. The summed E-state index contributed by atoms with van der Waals surface area (Å²) in [5.74, 6) is 1.37. The Balaban J connectivity index is 2.30. The summed E-state index contributed by atoms with van der Waals surface area (Å²) in [5.41, 5.74) is 2.86. The molecule has 0 spiro atoms. The first-order valence-corrected chi connectivity index (χ1v) is 6.67. The fourth-order valence-electron chi connectivity index (χ4n) is 1.63. The van der Waals surface area contributed by atoms with Crippen LogP contribution in [0.2, 0.25) is 0 Å². The molecule has 18 heavy (non-hydrogen) atoms. The second kappa shape index (κ2) is 5.48. The number of hydrogen-bond donors (Lipinski definition) is 0. The van der Waals surface area contributed by atoms with Crippen molar-refractivity contribution < 1.29 is 4.74 Å². The molecule has 0 atom stereocenters. The van der Waals surface area contributed by atoms with E-state index < -0.39 is 0 Å². The smallest absolute Gasteiger partial charge is 0.219 e. The van der Waals surface area contributed by atoms with Crippen LogP contribution in [-0.4, -0.2) is 9.97 Å². The van der Waals surface area contributed by atoms with Gasteiger partial charge in [-0.25, -0.2) is 4.98 Å². The lowest BCUT2D eigenvalue weighted by Gasteiger charge is -2.10. The molecule has 0 amide bonds. The van der Waals surface area contributed by atoms with Crippen molar-refractivity contribution in [3.63, 3.8) is 0 Å². The van der Waals surface area contributed by atoms with Gasteiger partial charge in [-0.05, 0) is 54.4 Å². The minimum atomic E-state index is 0.594. The van der Waals surface area contributed by atoms with Crippen molar-refractivity contribution >= 4 is 15.9 Å². The van der Waals surface area contributed by atoms with Gasteiger partial charge in [0.2, 0.25) is 5.88 Å². The van der Waals surface area contributed by atoms with Gasteiger partial charge in [0.05, 0.1) is 11.4 Å². The number of aryl methyl sites for hydroxylation is 3. The molecule has 0 aliphatic rings. The van der Waals surface area contributed by atoms with Crippen molar-refractivity contribution in [1.82, 2.24) is 9.97 Å². The first kappa shape index (κ1) is 13.0. The summed E-state index contributed by atoms with van der Waals surface area (Å²) in [6.07, 6.45) is 0.840. The number of ether oxygens (including phenoxy) is 1. The SMILES string of the molecule is CCc1nc(C)ccc1Oc1ccc(Br)c(C)n1. The normalized spacial score (nSPS) is 10.4. The summed E-state index contributed by atoms with van der Waals surface area (Å²) in [7, 11) is 0. The van der Waals surface area contributed by atoms with Crippen LogP contribution < -0.4 is 4.74 Å². The molecule has 4 heteroatoms. The number of nitrogens with zero attached hydrogens (tertiary/aromatic N) is 2. The van der Waals surface area contributed by atoms with E-state index in [2.05, 4.69) is 32.8 Å². The Morgan fingerprint density at radius 3 is 2.56 bits per heavy atom. The van der Waals surface area contributed by atoms with Crippen LogP contribution in [0.25, 0.3) is 0 Å². The number of pyridine rings is 2. The van der Waals surface area contributed by atoms with E-state index in [0.717, 1.165) is 33.7 Å². The van der Waals surface area contributed by atoms with Gasteiger partial charge in [-0.1, -0.05) is 6.92 Å². The summed E-state index contributed by atoms with van der Waals surface area (Å²) in [4.78, 5) is 8.83. The molecule has 2 aromatic rings. The lowest BCUT2D eigenvalue weighted by Crippen LogP contribution is -1.97. The van der Waals surface area contributed by atoms with E-state index in [1.54, 1.807) is 0 Å². The van der Waals surface area contributed by atoms with Crippen molar-refractivity contribution in [3.8, 4) is 11.6 Å². The van der Waals surface area contributed by atoms with Crippen LogP contribution in [-0.2, 0) is 6.42 Å². The highest BCUT2D eigenvalue weighted by molar-refractivity contribution is 9.10. The summed E-state index contributed by atoms with van der Waals surface area (Å²) in [5, 5.41) is 0. The Bertz CT molecular complexity index is 570. The van der Waals surface area contributed by atoms with Gasteiger partial charge in [-0.15, -0.1) is 0 Å².